The summed E-state index contributed by atoms with van der Waals surface area (Å²) in [6.07, 6.45) is 2.33. The third-order valence-electron chi connectivity index (χ3n) is 5.00. The molecule has 3 aromatic rings. The van der Waals surface area contributed by atoms with Crippen molar-refractivity contribution in [3.8, 4) is 17.0 Å². The largest absolute Gasteiger partial charge is 0.497 e. The molecule has 1 saturated heterocycles. The van der Waals surface area contributed by atoms with E-state index < -0.39 is 10.2 Å². The predicted octanol–water partition coefficient (Wildman–Crippen LogP) is 3.71. The van der Waals surface area contributed by atoms with E-state index in [0.29, 0.717) is 58.5 Å². The second-order valence-electron chi connectivity index (χ2n) is 7.10. The molecule has 0 bridgehead atoms. The van der Waals surface area contributed by atoms with Crippen molar-refractivity contribution in [3.63, 3.8) is 0 Å². The molecule has 2 N–H and O–H groups in total. The summed E-state index contributed by atoms with van der Waals surface area (Å²) in [5.41, 5.74) is 2.72. The van der Waals surface area contributed by atoms with Crippen LogP contribution in [0.15, 0.2) is 60.8 Å². The van der Waals surface area contributed by atoms with Crippen LogP contribution in [0.1, 0.15) is 16.8 Å². The molecule has 166 valence electrons. The molecular weight excluding hydrogens is 452 g/mol. The van der Waals surface area contributed by atoms with Crippen LogP contribution >= 0.6 is 11.6 Å². The van der Waals surface area contributed by atoms with Crippen LogP contribution < -0.4 is 19.1 Å². The first-order valence-corrected chi connectivity index (χ1v) is 11.7. The molecule has 2 heterocycles. The Morgan fingerprint density at radius 3 is 2.66 bits per heavy atom. The average Bonchev–Trinajstić information content (AvgIpc) is 2.80. The lowest BCUT2D eigenvalue weighted by Crippen LogP contribution is -2.47. The van der Waals surface area contributed by atoms with Gasteiger partial charge in [-0.05, 0) is 55.0 Å². The summed E-state index contributed by atoms with van der Waals surface area (Å²) in [6.45, 7) is 0.820. The van der Waals surface area contributed by atoms with Crippen LogP contribution in [0.25, 0.3) is 11.3 Å². The molecule has 2 aromatic carbocycles. The van der Waals surface area contributed by atoms with Gasteiger partial charge in [-0.25, -0.2) is 0 Å². The van der Waals surface area contributed by atoms with E-state index in [-0.39, 0.29) is 5.91 Å². The number of nitrogens with zero attached hydrogens (tertiary/aromatic N) is 2. The SMILES string of the molecule is COc1ccnc(-c2cc(NC(=O)c3ccc(N4CCCNS4(=O)=O)cc3)ccc2Cl)c1. The zero-order chi connectivity index (χ0) is 22.7. The summed E-state index contributed by atoms with van der Waals surface area (Å²) in [5.74, 6) is 0.314. The quantitative estimate of drug-likeness (QED) is 0.589. The molecule has 32 heavy (non-hydrogen) atoms. The van der Waals surface area contributed by atoms with Gasteiger partial charge in [0.1, 0.15) is 5.75 Å². The number of rotatable bonds is 5. The van der Waals surface area contributed by atoms with E-state index in [1.54, 1.807) is 67.9 Å². The average molecular weight is 473 g/mol. The topological polar surface area (TPSA) is 101 Å². The molecule has 1 aliphatic rings. The van der Waals surface area contributed by atoms with Gasteiger partial charge in [0, 0.05) is 42.2 Å². The molecule has 1 fully saturated rings. The van der Waals surface area contributed by atoms with Crippen LogP contribution in [-0.2, 0) is 10.2 Å². The van der Waals surface area contributed by atoms with Crippen molar-refractivity contribution < 1.29 is 17.9 Å². The van der Waals surface area contributed by atoms with Crippen molar-refractivity contribution in [3.05, 3.63) is 71.4 Å². The van der Waals surface area contributed by atoms with Gasteiger partial charge in [0.2, 0.25) is 0 Å². The number of anilines is 2. The lowest BCUT2D eigenvalue weighted by atomic mass is 10.1. The minimum Gasteiger partial charge on any atom is -0.497 e. The van der Waals surface area contributed by atoms with Gasteiger partial charge in [-0.2, -0.15) is 13.1 Å². The highest BCUT2D eigenvalue weighted by molar-refractivity contribution is 7.90. The summed E-state index contributed by atoms with van der Waals surface area (Å²) in [5, 5.41) is 3.33. The van der Waals surface area contributed by atoms with Crippen molar-refractivity contribution in [2.75, 3.05) is 29.8 Å². The molecule has 0 aliphatic carbocycles. The van der Waals surface area contributed by atoms with Crippen LogP contribution in [0.5, 0.6) is 5.75 Å². The molecule has 0 atom stereocenters. The summed E-state index contributed by atoms with van der Waals surface area (Å²) in [6, 6.07) is 15.0. The van der Waals surface area contributed by atoms with E-state index in [9.17, 15) is 13.2 Å². The highest BCUT2D eigenvalue weighted by Gasteiger charge is 2.25. The summed E-state index contributed by atoms with van der Waals surface area (Å²) in [4.78, 5) is 17.1. The van der Waals surface area contributed by atoms with Crippen LogP contribution in [-0.4, -0.2) is 39.5 Å². The Morgan fingerprint density at radius 2 is 1.94 bits per heavy atom. The number of nitrogens with one attached hydrogen (secondary N) is 2. The fourth-order valence-corrected chi connectivity index (χ4v) is 4.90. The van der Waals surface area contributed by atoms with E-state index in [2.05, 4.69) is 15.0 Å². The number of aromatic nitrogens is 1. The lowest BCUT2D eigenvalue weighted by Gasteiger charge is -2.28. The van der Waals surface area contributed by atoms with Gasteiger partial charge in [0.05, 0.1) is 23.5 Å². The van der Waals surface area contributed by atoms with Gasteiger partial charge in [0.25, 0.3) is 5.91 Å². The molecule has 1 aromatic heterocycles. The zero-order valence-corrected chi connectivity index (χ0v) is 18.8. The molecule has 1 aliphatic heterocycles. The van der Waals surface area contributed by atoms with E-state index in [0.717, 1.165) is 0 Å². The van der Waals surface area contributed by atoms with Crippen LogP contribution in [0.3, 0.4) is 0 Å². The third-order valence-corrected chi connectivity index (χ3v) is 6.87. The number of methoxy groups -OCH3 is 1. The van der Waals surface area contributed by atoms with E-state index in [1.807, 2.05) is 0 Å². The molecule has 0 radical (unpaired) electrons. The number of pyridine rings is 1. The lowest BCUT2D eigenvalue weighted by molar-refractivity contribution is 0.102. The number of carbonyl (C=O) groups is 1. The highest BCUT2D eigenvalue weighted by Crippen LogP contribution is 2.31. The molecule has 0 unspecified atom stereocenters. The fourth-order valence-electron chi connectivity index (χ4n) is 3.36. The van der Waals surface area contributed by atoms with Gasteiger partial charge in [-0.3, -0.25) is 14.1 Å². The standard InChI is InChI=1S/C22H21ClN4O4S/c1-31-18-9-11-24-21(14-18)19-13-16(5-8-20(19)23)26-22(28)15-3-6-17(7-4-15)27-12-2-10-25-32(27,29)30/h3-9,11,13-14,25H,2,10,12H2,1H3,(H,26,28). The number of hydrogen-bond donors (Lipinski definition) is 2. The summed E-state index contributed by atoms with van der Waals surface area (Å²) < 4.78 is 33.4. The smallest absolute Gasteiger partial charge is 0.301 e. The first kappa shape index (κ1) is 22.1. The molecule has 0 spiro atoms. The van der Waals surface area contributed by atoms with Gasteiger partial charge in [-0.15, -0.1) is 0 Å². The maximum absolute atomic E-state index is 12.7. The Balaban J connectivity index is 1.53. The number of halogens is 1. The second-order valence-corrected chi connectivity index (χ2v) is 9.19. The van der Waals surface area contributed by atoms with Gasteiger partial charge in [-0.1, -0.05) is 11.6 Å². The maximum Gasteiger partial charge on any atom is 0.301 e. The molecule has 0 saturated carbocycles. The summed E-state index contributed by atoms with van der Waals surface area (Å²) >= 11 is 6.34. The van der Waals surface area contributed by atoms with Gasteiger partial charge < -0.3 is 10.1 Å². The minimum atomic E-state index is -3.54. The Labute approximate surface area is 191 Å². The Morgan fingerprint density at radius 1 is 1.16 bits per heavy atom. The first-order chi connectivity index (χ1) is 15.4. The van der Waals surface area contributed by atoms with Crippen molar-refractivity contribution in [2.24, 2.45) is 0 Å². The molecule has 1 amide bonds. The van der Waals surface area contributed by atoms with E-state index in [1.165, 1.54) is 4.31 Å². The number of amides is 1. The van der Waals surface area contributed by atoms with Crippen LogP contribution in [0.2, 0.25) is 5.02 Å². The monoisotopic (exact) mass is 472 g/mol. The molecule has 10 heteroatoms. The van der Waals surface area contributed by atoms with Crippen LogP contribution in [0.4, 0.5) is 11.4 Å². The van der Waals surface area contributed by atoms with Crippen molar-refractivity contribution in [1.82, 2.24) is 9.71 Å². The van der Waals surface area contributed by atoms with Gasteiger partial charge in [0.15, 0.2) is 0 Å². The van der Waals surface area contributed by atoms with Crippen LogP contribution in [0, 0.1) is 0 Å². The number of carbonyl (C=O) groups excluding carboxylic acids is 1. The second kappa shape index (κ2) is 9.15. The Bertz CT molecular complexity index is 1250. The minimum absolute atomic E-state index is 0.331. The van der Waals surface area contributed by atoms with Crippen molar-refractivity contribution >= 4 is 39.1 Å². The van der Waals surface area contributed by atoms with E-state index in [4.69, 9.17) is 16.3 Å². The number of ether oxygens (including phenoxy) is 1. The molecular formula is C22H21ClN4O4S. The normalized spacial score (nSPS) is 15.2. The fraction of sp³-hybridized carbons (Fsp3) is 0.182. The first-order valence-electron chi connectivity index (χ1n) is 9.86. The van der Waals surface area contributed by atoms with Crippen molar-refractivity contribution in [2.45, 2.75) is 6.42 Å². The van der Waals surface area contributed by atoms with Gasteiger partial charge >= 0.3 is 10.2 Å². The zero-order valence-electron chi connectivity index (χ0n) is 17.2. The Kier molecular flexibility index (Phi) is 6.31. The Hall–Kier alpha value is -3.14. The maximum atomic E-state index is 12.7. The predicted molar refractivity (Wildman–Crippen MR) is 125 cm³/mol. The number of benzene rings is 2. The van der Waals surface area contributed by atoms with E-state index >= 15 is 0 Å². The summed E-state index contributed by atoms with van der Waals surface area (Å²) in [7, 11) is -1.97. The molecule has 4 rings (SSSR count). The van der Waals surface area contributed by atoms with Crippen molar-refractivity contribution in [1.29, 1.82) is 0 Å². The molecule has 8 nitrogen and oxygen atoms in total. The third kappa shape index (κ3) is 4.69. The number of hydrogen-bond acceptors (Lipinski definition) is 5. The highest BCUT2D eigenvalue weighted by atomic mass is 35.5.